The summed E-state index contributed by atoms with van der Waals surface area (Å²) in [6.07, 6.45) is 2.06. The van der Waals surface area contributed by atoms with E-state index in [1.807, 2.05) is 0 Å². The highest BCUT2D eigenvalue weighted by molar-refractivity contribution is 5.75. The SMILES string of the molecule is C=CCNN(C)C(=O)CCN. The molecule has 0 saturated carbocycles. The first-order valence-electron chi connectivity index (χ1n) is 3.53. The molecule has 0 atom stereocenters. The lowest BCUT2D eigenvalue weighted by molar-refractivity contribution is -0.132. The lowest BCUT2D eigenvalue weighted by atomic mass is 10.4. The van der Waals surface area contributed by atoms with Gasteiger partial charge in [0.15, 0.2) is 0 Å². The number of carbonyl (C=O) groups is 1. The molecule has 0 radical (unpaired) electrons. The highest BCUT2D eigenvalue weighted by Crippen LogP contribution is 1.83. The van der Waals surface area contributed by atoms with Gasteiger partial charge in [-0.2, -0.15) is 0 Å². The molecule has 4 nitrogen and oxygen atoms in total. The monoisotopic (exact) mass is 157 g/mol. The van der Waals surface area contributed by atoms with Gasteiger partial charge in [0.2, 0.25) is 5.91 Å². The van der Waals surface area contributed by atoms with E-state index in [2.05, 4.69) is 12.0 Å². The summed E-state index contributed by atoms with van der Waals surface area (Å²) in [5, 5.41) is 1.43. The normalized spacial score (nSPS) is 9.27. The zero-order chi connectivity index (χ0) is 8.69. The zero-order valence-electron chi connectivity index (χ0n) is 6.84. The Morgan fingerprint density at radius 3 is 2.91 bits per heavy atom. The molecule has 0 spiro atoms. The van der Waals surface area contributed by atoms with Crippen molar-refractivity contribution in [2.45, 2.75) is 6.42 Å². The summed E-state index contributed by atoms with van der Waals surface area (Å²) >= 11 is 0. The molecule has 0 saturated heterocycles. The molecule has 0 aromatic heterocycles. The van der Waals surface area contributed by atoms with E-state index < -0.39 is 0 Å². The highest BCUT2D eigenvalue weighted by Gasteiger charge is 2.04. The van der Waals surface area contributed by atoms with Crippen LogP contribution < -0.4 is 11.2 Å². The van der Waals surface area contributed by atoms with Crippen molar-refractivity contribution < 1.29 is 4.79 Å². The molecule has 64 valence electrons. The van der Waals surface area contributed by atoms with Crippen LogP contribution in [0.1, 0.15) is 6.42 Å². The maximum absolute atomic E-state index is 11.0. The fraction of sp³-hybridized carbons (Fsp3) is 0.571. The van der Waals surface area contributed by atoms with Gasteiger partial charge in [-0.3, -0.25) is 9.80 Å². The molecular formula is C7H15N3O. The van der Waals surface area contributed by atoms with Crippen LogP contribution >= 0.6 is 0 Å². The minimum absolute atomic E-state index is 0.00523. The number of hydrazine groups is 1. The fourth-order valence-corrected chi connectivity index (χ4v) is 0.581. The van der Waals surface area contributed by atoms with Crippen molar-refractivity contribution in [1.82, 2.24) is 10.4 Å². The van der Waals surface area contributed by atoms with Crippen LogP contribution in [0.25, 0.3) is 0 Å². The van der Waals surface area contributed by atoms with Gasteiger partial charge in [-0.15, -0.1) is 6.58 Å². The molecule has 0 aliphatic heterocycles. The van der Waals surface area contributed by atoms with E-state index in [1.165, 1.54) is 5.01 Å². The Labute approximate surface area is 67.0 Å². The van der Waals surface area contributed by atoms with Crippen LogP contribution in [-0.4, -0.2) is 31.1 Å². The Kier molecular flexibility index (Phi) is 5.42. The molecule has 0 aromatic carbocycles. The standard InChI is InChI=1S/C7H15N3O/c1-3-6-9-10(2)7(11)4-5-8/h3,9H,1,4-6,8H2,2H3. The molecule has 3 N–H and O–H groups in total. The second-order valence-corrected chi connectivity index (χ2v) is 2.14. The Hall–Kier alpha value is -0.870. The summed E-state index contributed by atoms with van der Waals surface area (Å²) in [6, 6.07) is 0. The molecule has 0 rings (SSSR count). The van der Waals surface area contributed by atoms with Gasteiger partial charge in [-0.25, -0.2) is 5.43 Å². The number of nitrogens with zero attached hydrogens (tertiary/aromatic N) is 1. The second kappa shape index (κ2) is 5.88. The Bertz CT molecular complexity index is 136. The third kappa shape index (κ3) is 4.52. The minimum Gasteiger partial charge on any atom is -0.330 e. The van der Waals surface area contributed by atoms with E-state index in [4.69, 9.17) is 5.73 Å². The van der Waals surface area contributed by atoms with Crippen molar-refractivity contribution in [1.29, 1.82) is 0 Å². The fourth-order valence-electron chi connectivity index (χ4n) is 0.581. The first-order chi connectivity index (χ1) is 5.22. The Morgan fingerprint density at radius 1 is 1.82 bits per heavy atom. The van der Waals surface area contributed by atoms with Gasteiger partial charge in [-0.1, -0.05) is 6.08 Å². The topological polar surface area (TPSA) is 58.4 Å². The molecule has 0 fully saturated rings. The molecule has 4 heteroatoms. The largest absolute Gasteiger partial charge is 0.330 e. The molecule has 1 amide bonds. The van der Waals surface area contributed by atoms with E-state index in [0.29, 0.717) is 19.5 Å². The van der Waals surface area contributed by atoms with Gasteiger partial charge in [0.25, 0.3) is 0 Å². The quantitative estimate of drug-likeness (QED) is 0.417. The number of hydrogen-bond acceptors (Lipinski definition) is 3. The molecule has 0 heterocycles. The highest BCUT2D eigenvalue weighted by atomic mass is 16.2. The summed E-state index contributed by atoms with van der Waals surface area (Å²) in [5.74, 6) is -0.00523. The maximum Gasteiger partial charge on any atom is 0.237 e. The number of amides is 1. The van der Waals surface area contributed by atoms with Crippen LogP contribution in [0.15, 0.2) is 12.7 Å². The average molecular weight is 157 g/mol. The van der Waals surface area contributed by atoms with Crippen LogP contribution in [0.5, 0.6) is 0 Å². The number of nitrogens with one attached hydrogen (secondary N) is 1. The Morgan fingerprint density at radius 2 is 2.45 bits per heavy atom. The predicted octanol–water partition coefficient (Wildman–Crippen LogP) is -0.516. The predicted molar refractivity (Wildman–Crippen MR) is 44.6 cm³/mol. The Balaban J connectivity index is 3.54. The van der Waals surface area contributed by atoms with Crippen molar-refractivity contribution in [2.24, 2.45) is 5.73 Å². The smallest absolute Gasteiger partial charge is 0.237 e. The van der Waals surface area contributed by atoms with Gasteiger partial charge >= 0.3 is 0 Å². The van der Waals surface area contributed by atoms with Crippen molar-refractivity contribution in [3.63, 3.8) is 0 Å². The first-order valence-corrected chi connectivity index (χ1v) is 3.53. The van der Waals surface area contributed by atoms with E-state index in [9.17, 15) is 4.79 Å². The third-order valence-electron chi connectivity index (χ3n) is 1.21. The molecule has 0 aliphatic rings. The van der Waals surface area contributed by atoms with Crippen LogP contribution in [-0.2, 0) is 4.79 Å². The molecule has 0 unspecified atom stereocenters. The zero-order valence-corrected chi connectivity index (χ0v) is 6.84. The van der Waals surface area contributed by atoms with Crippen molar-refractivity contribution in [3.05, 3.63) is 12.7 Å². The summed E-state index contributed by atoms with van der Waals surface area (Å²) in [7, 11) is 1.67. The van der Waals surface area contributed by atoms with Crippen LogP contribution in [0.4, 0.5) is 0 Å². The van der Waals surface area contributed by atoms with Crippen molar-refractivity contribution in [2.75, 3.05) is 20.1 Å². The molecule has 0 bridgehead atoms. The number of hydrogen-bond donors (Lipinski definition) is 2. The van der Waals surface area contributed by atoms with E-state index in [1.54, 1.807) is 13.1 Å². The van der Waals surface area contributed by atoms with Crippen LogP contribution in [0.3, 0.4) is 0 Å². The first kappa shape index (κ1) is 10.1. The summed E-state index contributed by atoms with van der Waals surface area (Å²) in [6.45, 7) is 4.49. The van der Waals surface area contributed by atoms with Gasteiger partial charge in [0.05, 0.1) is 0 Å². The van der Waals surface area contributed by atoms with Crippen molar-refractivity contribution >= 4 is 5.91 Å². The number of nitrogens with two attached hydrogens (primary N) is 1. The van der Waals surface area contributed by atoms with Crippen molar-refractivity contribution in [3.8, 4) is 0 Å². The second-order valence-electron chi connectivity index (χ2n) is 2.14. The minimum atomic E-state index is -0.00523. The summed E-state index contributed by atoms with van der Waals surface area (Å²) < 4.78 is 0. The lowest BCUT2D eigenvalue weighted by Crippen LogP contribution is -2.40. The van der Waals surface area contributed by atoms with Crippen LogP contribution in [0, 0.1) is 0 Å². The van der Waals surface area contributed by atoms with Gasteiger partial charge < -0.3 is 5.73 Å². The number of carbonyl (C=O) groups excluding carboxylic acids is 1. The van der Waals surface area contributed by atoms with Crippen LogP contribution in [0.2, 0.25) is 0 Å². The van der Waals surface area contributed by atoms with Gasteiger partial charge in [0, 0.05) is 26.6 Å². The lowest BCUT2D eigenvalue weighted by Gasteiger charge is -2.16. The third-order valence-corrected chi connectivity index (χ3v) is 1.21. The summed E-state index contributed by atoms with van der Waals surface area (Å²) in [5.41, 5.74) is 8.03. The van der Waals surface area contributed by atoms with Gasteiger partial charge in [-0.05, 0) is 0 Å². The van der Waals surface area contributed by atoms with E-state index in [-0.39, 0.29) is 5.91 Å². The average Bonchev–Trinajstić information content (AvgIpc) is 2.00. The molecular weight excluding hydrogens is 142 g/mol. The summed E-state index contributed by atoms with van der Waals surface area (Å²) in [4.78, 5) is 11.0. The molecule has 0 aliphatic carbocycles. The molecule has 0 aromatic rings. The van der Waals surface area contributed by atoms with E-state index >= 15 is 0 Å². The molecule has 11 heavy (non-hydrogen) atoms. The maximum atomic E-state index is 11.0. The van der Waals surface area contributed by atoms with E-state index in [0.717, 1.165) is 0 Å². The van der Waals surface area contributed by atoms with Gasteiger partial charge in [0.1, 0.15) is 0 Å². The number of rotatable bonds is 5.